The van der Waals surface area contributed by atoms with Crippen molar-refractivity contribution >= 4 is 33.2 Å². The summed E-state index contributed by atoms with van der Waals surface area (Å²) in [7, 11) is 1.81. The lowest BCUT2D eigenvalue weighted by Crippen LogP contribution is -2.26. The molecular formula is C13H13BrN2OS. The van der Waals surface area contributed by atoms with Gasteiger partial charge in [0.1, 0.15) is 4.88 Å². The molecule has 2 aromatic rings. The van der Waals surface area contributed by atoms with Crippen molar-refractivity contribution in [3.8, 4) is 0 Å². The average molecular weight is 325 g/mol. The Kier molecular flexibility index (Phi) is 4.14. The van der Waals surface area contributed by atoms with Crippen LogP contribution in [-0.2, 0) is 6.54 Å². The molecular weight excluding hydrogens is 312 g/mol. The molecule has 2 rings (SSSR count). The molecule has 5 heteroatoms. The van der Waals surface area contributed by atoms with E-state index in [1.165, 1.54) is 11.3 Å². The van der Waals surface area contributed by atoms with Crippen LogP contribution >= 0.6 is 27.3 Å². The minimum absolute atomic E-state index is 0.0259. The number of rotatable bonds is 3. The maximum atomic E-state index is 12.2. The van der Waals surface area contributed by atoms with Gasteiger partial charge in [0, 0.05) is 18.1 Å². The van der Waals surface area contributed by atoms with E-state index in [1.807, 2.05) is 38.2 Å². The van der Waals surface area contributed by atoms with Crippen molar-refractivity contribution in [1.82, 2.24) is 9.88 Å². The fourth-order valence-electron chi connectivity index (χ4n) is 1.62. The highest BCUT2D eigenvalue weighted by Crippen LogP contribution is 2.17. The van der Waals surface area contributed by atoms with Crippen molar-refractivity contribution in [2.45, 2.75) is 13.5 Å². The van der Waals surface area contributed by atoms with Crippen LogP contribution in [-0.4, -0.2) is 22.8 Å². The summed E-state index contributed by atoms with van der Waals surface area (Å²) in [5.74, 6) is 0.0259. The zero-order valence-electron chi connectivity index (χ0n) is 10.2. The van der Waals surface area contributed by atoms with Crippen LogP contribution < -0.4 is 0 Å². The van der Waals surface area contributed by atoms with Gasteiger partial charge >= 0.3 is 0 Å². The highest BCUT2D eigenvalue weighted by Gasteiger charge is 2.16. The first-order chi connectivity index (χ1) is 8.58. The Hall–Kier alpha value is -1.20. The van der Waals surface area contributed by atoms with E-state index in [-0.39, 0.29) is 5.91 Å². The molecule has 1 amide bonds. The SMILES string of the molecule is Cc1ncsc1C(=O)N(C)Cc1ccc(Br)cc1. The predicted molar refractivity (Wildman–Crippen MR) is 76.8 cm³/mol. The van der Waals surface area contributed by atoms with Gasteiger partial charge in [0.25, 0.3) is 5.91 Å². The summed E-state index contributed by atoms with van der Waals surface area (Å²) in [4.78, 5) is 18.7. The van der Waals surface area contributed by atoms with Gasteiger partial charge in [0.05, 0.1) is 11.2 Å². The quantitative estimate of drug-likeness (QED) is 0.865. The molecule has 0 atom stereocenters. The number of carbonyl (C=O) groups is 1. The van der Waals surface area contributed by atoms with Gasteiger partial charge in [0.15, 0.2) is 0 Å². The fraction of sp³-hybridized carbons (Fsp3) is 0.231. The summed E-state index contributed by atoms with van der Waals surface area (Å²) in [6, 6.07) is 7.97. The molecule has 0 aliphatic rings. The van der Waals surface area contributed by atoms with E-state index in [2.05, 4.69) is 20.9 Å². The predicted octanol–water partition coefficient (Wildman–Crippen LogP) is 3.49. The Bertz CT molecular complexity index is 550. The summed E-state index contributed by atoms with van der Waals surface area (Å²) in [5, 5.41) is 0. The highest BCUT2D eigenvalue weighted by molar-refractivity contribution is 9.10. The van der Waals surface area contributed by atoms with Crippen LogP contribution in [0.2, 0.25) is 0 Å². The van der Waals surface area contributed by atoms with Crippen LogP contribution in [0.1, 0.15) is 20.9 Å². The second-order valence-corrected chi connectivity index (χ2v) is 5.83. The van der Waals surface area contributed by atoms with E-state index < -0.39 is 0 Å². The zero-order chi connectivity index (χ0) is 13.1. The van der Waals surface area contributed by atoms with Crippen LogP contribution in [0.4, 0.5) is 0 Å². The molecule has 0 aliphatic carbocycles. The summed E-state index contributed by atoms with van der Waals surface area (Å²) in [6.07, 6.45) is 0. The first-order valence-electron chi connectivity index (χ1n) is 5.48. The first kappa shape index (κ1) is 13.2. The van der Waals surface area contributed by atoms with Crippen LogP contribution in [0.25, 0.3) is 0 Å². The highest BCUT2D eigenvalue weighted by atomic mass is 79.9. The Balaban J connectivity index is 2.08. The number of hydrogen-bond acceptors (Lipinski definition) is 3. The number of halogens is 1. The van der Waals surface area contributed by atoms with Crippen LogP contribution in [0, 0.1) is 6.92 Å². The monoisotopic (exact) mass is 324 g/mol. The summed E-state index contributed by atoms with van der Waals surface area (Å²) >= 11 is 4.78. The van der Waals surface area contributed by atoms with Gasteiger partial charge in [-0.25, -0.2) is 4.98 Å². The largest absolute Gasteiger partial charge is 0.337 e. The van der Waals surface area contributed by atoms with E-state index in [0.717, 1.165) is 20.6 Å². The van der Waals surface area contributed by atoms with Crippen LogP contribution in [0.15, 0.2) is 34.2 Å². The third-order valence-electron chi connectivity index (χ3n) is 2.62. The van der Waals surface area contributed by atoms with Gasteiger partial charge in [-0.1, -0.05) is 28.1 Å². The van der Waals surface area contributed by atoms with Crippen molar-refractivity contribution < 1.29 is 4.79 Å². The number of amides is 1. The van der Waals surface area contributed by atoms with E-state index in [0.29, 0.717) is 6.54 Å². The molecule has 0 saturated heterocycles. The maximum Gasteiger partial charge on any atom is 0.265 e. The molecule has 18 heavy (non-hydrogen) atoms. The molecule has 0 radical (unpaired) electrons. The molecule has 0 fully saturated rings. The van der Waals surface area contributed by atoms with Gasteiger partial charge < -0.3 is 4.90 Å². The van der Waals surface area contributed by atoms with E-state index in [9.17, 15) is 4.79 Å². The molecule has 94 valence electrons. The molecule has 0 N–H and O–H groups in total. The normalized spacial score (nSPS) is 10.4. The van der Waals surface area contributed by atoms with Gasteiger partial charge in [-0.15, -0.1) is 11.3 Å². The minimum Gasteiger partial charge on any atom is -0.337 e. The summed E-state index contributed by atoms with van der Waals surface area (Å²) < 4.78 is 1.04. The topological polar surface area (TPSA) is 33.2 Å². The smallest absolute Gasteiger partial charge is 0.265 e. The molecule has 0 bridgehead atoms. The maximum absolute atomic E-state index is 12.2. The molecule has 1 heterocycles. The van der Waals surface area contributed by atoms with Crippen molar-refractivity contribution in [2.24, 2.45) is 0 Å². The second-order valence-electron chi connectivity index (χ2n) is 4.05. The molecule has 0 aliphatic heterocycles. The van der Waals surface area contributed by atoms with Gasteiger partial charge in [-0.05, 0) is 24.6 Å². The Morgan fingerprint density at radius 2 is 2.06 bits per heavy atom. The molecule has 0 saturated carbocycles. The number of thiazole rings is 1. The lowest BCUT2D eigenvalue weighted by molar-refractivity contribution is 0.0789. The standard InChI is InChI=1S/C13H13BrN2OS/c1-9-12(18-8-15-9)13(17)16(2)7-10-3-5-11(14)6-4-10/h3-6,8H,7H2,1-2H3. The number of hydrogen-bond donors (Lipinski definition) is 0. The van der Waals surface area contributed by atoms with Crippen molar-refractivity contribution in [1.29, 1.82) is 0 Å². The summed E-state index contributed by atoms with van der Waals surface area (Å²) in [6.45, 7) is 2.46. The lowest BCUT2D eigenvalue weighted by atomic mass is 10.2. The van der Waals surface area contributed by atoms with E-state index in [1.54, 1.807) is 10.4 Å². The second kappa shape index (κ2) is 5.63. The number of aryl methyl sites for hydroxylation is 1. The summed E-state index contributed by atoms with van der Waals surface area (Å²) in [5.41, 5.74) is 3.61. The van der Waals surface area contributed by atoms with Crippen molar-refractivity contribution in [2.75, 3.05) is 7.05 Å². The lowest BCUT2D eigenvalue weighted by Gasteiger charge is -2.16. The minimum atomic E-state index is 0.0259. The third-order valence-corrected chi connectivity index (χ3v) is 4.06. The Morgan fingerprint density at radius 1 is 1.39 bits per heavy atom. The van der Waals surface area contributed by atoms with Crippen LogP contribution in [0.3, 0.4) is 0 Å². The molecule has 1 aromatic heterocycles. The number of nitrogens with zero attached hydrogens (tertiary/aromatic N) is 2. The van der Waals surface area contributed by atoms with Crippen molar-refractivity contribution in [3.05, 3.63) is 50.4 Å². The van der Waals surface area contributed by atoms with Gasteiger partial charge in [0.2, 0.25) is 0 Å². The van der Waals surface area contributed by atoms with Gasteiger partial charge in [-0.3, -0.25) is 4.79 Å². The Morgan fingerprint density at radius 3 is 2.61 bits per heavy atom. The van der Waals surface area contributed by atoms with Gasteiger partial charge in [-0.2, -0.15) is 0 Å². The molecule has 0 unspecified atom stereocenters. The fourth-order valence-corrected chi connectivity index (χ4v) is 2.68. The van der Waals surface area contributed by atoms with E-state index >= 15 is 0 Å². The first-order valence-corrected chi connectivity index (χ1v) is 7.15. The van der Waals surface area contributed by atoms with E-state index in [4.69, 9.17) is 0 Å². The molecule has 1 aromatic carbocycles. The molecule has 0 spiro atoms. The number of carbonyl (C=O) groups excluding carboxylic acids is 1. The van der Waals surface area contributed by atoms with Crippen LogP contribution in [0.5, 0.6) is 0 Å². The third kappa shape index (κ3) is 2.97. The number of aromatic nitrogens is 1. The zero-order valence-corrected chi connectivity index (χ0v) is 12.6. The average Bonchev–Trinajstić information content (AvgIpc) is 2.77. The number of benzene rings is 1. The molecule has 3 nitrogen and oxygen atoms in total. The Labute approximate surface area is 119 Å². The van der Waals surface area contributed by atoms with Crippen molar-refractivity contribution in [3.63, 3.8) is 0 Å².